The Bertz CT molecular complexity index is 475. The first-order valence-electron chi connectivity index (χ1n) is 8.08. The predicted octanol–water partition coefficient (Wildman–Crippen LogP) is 4.33. The van der Waals surface area contributed by atoms with Crippen LogP contribution >= 0.6 is 36.4 Å². The van der Waals surface area contributed by atoms with Crippen molar-refractivity contribution in [3.63, 3.8) is 0 Å². The monoisotopic (exact) mass is 380 g/mol. The third kappa shape index (κ3) is 4.90. The first-order valence-corrected chi connectivity index (χ1v) is 8.45. The minimum Gasteiger partial charge on any atom is -0.495 e. The van der Waals surface area contributed by atoms with E-state index in [2.05, 4.69) is 22.3 Å². The van der Waals surface area contributed by atoms with Crippen LogP contribution < -0.4 is 10.1 Å². The van der Waals surface area contributed by atoms with Gasteiger partial charge in [-0.05, 0) is 36.5 Å². The molecule has 1 atom stereocenters. The molecule has 1 aliphatic heterocycles. The van der Waals surface area contributed by atoms with E-state index in [1.807, 2.05) is 6.07 Å². The van der Waals surface area contributed by atoms with Crippen LogP contribution in [0.2, 0.25) is 5.02 Å². The molecule has 1 aromatic rings. The average Bonchev–Trinajstić information content (AvgIpc) is 3.04. The maximum atomic E-state index is 6.20. The number of nitrogens with one attached hydrogen (secondary N) is 1. The van der Waals surface area contributed by atoms with Crippen molar-refractivity contribution < 1.29 is 4.74 Å². The molecule has 1 aromatic carbocycles. The fraction of sp³-hybridized carbons (Fsp3) is 0.647. The highest BCUT2D eigenvalue weighted by molar-refractivity contribution is 6.32. The first kappa shape index (κ1) is 20.9. The Hall–Kier alpha value is -0.190. The molecule has 2 aliphatic rings. The van der Waals surface area contributed by atoms with E-state index in [1.165, 1.54) is 31.2 Å². The number of methoxy groups -OCH3 is 1. The Kier molecular flexibility index (Phi) is 9.02. The zero-order chi connectivity index (χ0) is 14.7. The molecule has 1 saturated carbocycles. The summed E-state index contributed by atoms with van der Waals surface area (Å²) in [5.74, 6) is 1.57. The smallest absolute Gasteiger partial charge is 0.137 e. The normalized spacial score (nSPS) is 20.4. The molecule has 1 saturated heterocycles. The third-order valence-corrected chi connectivity index (χ3v) is 5.22. The number of rotatable bonds is 4. The molecule has 2 fully saturated rings. The molecule has 1 aliphatic carbocycles. The summed E-state index contributed by atoms with van der Waals surface area (Å²) in [6.07, 6.45) is 5.44. The predicted molar refractivity (Wildman–Crippen MR) is 102 cm³/mol. The van der Waals surface area contributed by atoms with Gasteiger partial charge in [-0.3, -0.25) is 4.90 Å². The van der Waals surface area contributed by atoms with Crippen molar-refractivity contribution in [3.05, 3.63) is 28.8 Å². The molecular formula is C17H27Cl3N2O. The van der Waals surface area contributed by atoms with Crippen LogP contribution in [0.25, 0.3) is 0 Å². The summed E-state index contributed by atoms with van der Waals surface area (Å²) in [5, 5.41) is 4.16. The van der Waals surface area contributed by atoms with Crippen molar-refractivity contribution in [1.29, 1.82) is 0 Å². The lowest BCUT2D eigenvalue weighted by Gasteiger charge is -2.38. The third-order valence-electron chi connectivity index (χ3n) is 4.91. The summed E-state index contributed by atoms with van der Waals surface area (Å²) in [6.45, 7) is 4.44. The molecule has 3 nitrogen and oxygen atoms in total. The van der Waals surface area contributed by atoms with Gasteiger partial charge in [0.15, 0.2) is 0 Å². The van der Waals surface area contributed by atoms with Crippen LogP contribution in [0.15, 0.2) is 18.2 Å². The van der Waals surface area contributed by atoms with Gasteiger partial charge < -0.3 is 10.1 Å². The lowest BCUT2D eigenvalue weighted by atomic mass is 9.89. The van der Waals surface area contributed by atoms with Gasteiger partial charge in [0.1, 0.15) is 5.75 Å². The molecule has 0 bridgehead atoms. The van der Waals surface area contributed by atoms with Gasteiger partial charge in [-0.15, -0.1) is 24.8 Å². The van der Waals surface area contributed by atoms with Crippen LogP contribution in [0.3, 0.4) is 0 Å². The highest BCUT2D eigenvalue weighted by atomic mass is 35.5. The van der Waals surface area contributed by atoms with Gasteiger partial charge in [-0.25, -0.2) is 0 Å². The van der Waals surface area contributed by atoms with Crippen molar-refractivity contribution in [2.75, 3.05) is 33.3 Å². The number of nitrogens with zero attached hydrogens (tertiary/aromatic N) is 1. The second-order valence-corrected chi connectivity index (χ2v) is 6.58. The van der Waals surface area contributed by atoms with Crippen molar-refractivity contribution in [2.24, 2.45) is 5.92 Å². The standard InChI is InChI=1S/C17H25ClN2O.2ClH/c1-21-16-12-14(6-7-15(16)18)17(13-4-2-3-5-13)20-10-8-19-9-11-20;;/h6-7,12-13,17,19H,2-5,8-11H2,1H3;2*1H/t17-;;/m0../s1. The topological polar surface area (TPSA) is 24.5 Å². The maximum Gasteiger partial charge on any atom is 0.137 e. The fourth-order valence-electron chi connectivity index (χ4n) is 3.87. The summed E-state index contributed by atoms with van der Waals surface area (Å²) in [4.78, 5) is 2.65. The fourth-order valence-corrected chi connectivity index (χ4v) is 4.07. The highest BCUT2D eigenvalue weighted by Gasteiger charge is 2.32. The van der Waals surface area contributed by atoms with Gasteiger partial charge in [-0.2, -0.15) is 0 Å². The minimum absolute atomic E-state index is 0. The summed E-state index contributed by atoms with van der Waals surface area (Å²) >= 11 is 6.20. The molecule has 0 aromatic heterocycles. The van der Waals surface area contributed by atoms with Crippen molar-refractivity contribution in [3.8, 4) is 5.75 Å². The SMILES string of the molecule is COc1cc([C@H](C2CCCC2)N2CCNCC2)ccc1Cl.Cl.Cl. The molecule has 23 heavy (non-hydrogen) atoms. The Labute approximate surface area is 156 Å². The van der Waals surface area contributed by atoms with E-state index in [1.54, 1.807) is 7.11 Å². The Morgan fingerprint density at radius 3 is 2.43 bits per heavy atom. The molecule has 0 unspecified atom stereocenters. The molecule has 132 valence electrons. The molecule has 0 amide bonds. The summed E-state index contributed by atoms with van der Waals surface area (Å²) in [6, 6.07) is 6.84. The number of halogens is 3. The molecular weight excluding hydrogens is 355 g/mol. The van der Waals surface area contributed by atoms with E-state index >= 15 is 0 Å². The maximum absolute atomic E-state index is 6.20. The van der Waals surface area contributed by atoms with Gasteiger partial charge in [0.25, 0.3) is 0 Å². The number of hydrogen-bond donors (Lipinski definition) is 1. The highest BCUT2D eigenvalue weighted by Crippen LogP contribution is 2.41. The number of ether oxygens (including phenoxy) is 1. The number of benzene rings is 1. The van der Waals surface area contributed by atoms with Crippen molar-refractivity contribution in [1.82, 2.24) is 10.2 Å². The van der Waals surface area contributed by atoms with E-state index in [0.29, 0.717) is 11.1 Å². The second kappa shape index (κ2) is 9.95. The Morgan fingerprint density at radius 1 is 1.17 bits per heavy atom. The van der Waals surface area contributed by atoms with E-state index in [9.17, 15) is 0 Å². The molecule has 0 spiro atoms. The zero-order valence-electron chi connectivity index (χ0n) is 13.6. The molecule has 1 heterocycles. The van der Waals surface area contributed by atoms with Crippen molar-refractivity contribution >= 4 is 36.4 Å². The van der Waals surface area contributed by atoms with Crippen LogP contribution in [-0.4, -0.2) is 38.2 Å². The number of hydrogen-bond acceptors (Lipinski definition) is 3. The van der Waals surface area contributed by atoms with Crippen molar-refractivity contribution in [2.45, 2.75) is 31.7 Å². The van der Waals surface area contributed by atoms with E-state index in [0.717, 1.165) is 37.8 Å². The van der Waals surface area contributed by atoms with Crippen LogP contribution in [-0.2, 0) is 0 Å². The quantitative estimate of drug-likeness (QED) is 0.840. The largest absolute Gasteiger partial charge is 0.495 e. The lowest BCUT2D eigenvalue weighted by molar-refractivity contribution is 0.125. The second-order valence-electron chi connectivity index (χ2n) is 6.17. The van der Waals surface area contributed by atoms with Gasteiger partial charge >= 0.3 is 0 Å². The van der Waals surface area contributed by atoms with Gasteiger partial charge in [0.05, 0.1) is 12.1 Å². The molecule has 6 heteroatoms. The number of piperazine rings is 1. The van der Waals surface area contributed by atoms with E-state index < -0.39 is 0 Å². The van der Waals surface area contributed by atoms with Crippen LogP contribution in [0, 0.1) is 5.92 Å². The van der Waals surface area contributed by atoms with Gasteiger partial charge in [0.2, 0.25) is 0 Å². The molecule has 1 N–H and O–H groups in total. The Morgan fingerprint density at radius 2 is 1.83 bits per heavy atom. The van der Waals surface area contributed by atoms with Crippen LogP contribution in [0.4, 0.5) is 0 Å². The Balaban J connectivity index is 0.00000132. The first-order chi connectivity index (χ1) is 10.3. The van der Waals surface area contributed by atoms with Crippen LogP contribution in [0.5, 0.6) is 5.75 Å². The molecule has 3 rings (SSSR count). The average molecular weight is 382 g/mol. The summed E-state index contributed by atoms with van der Waals surface area (Å²) in [5.41, 5.74) is 1.37. The van der Waals surface area contributed by atoms with Gasteiger partial charge in [0, 0.05) is 32.2 Å². The summed E-state index contributed by atoms with van der Waals surface area (Å²) < 4.78 is 5.42. The summed E-state index contributed by atoms with van der Waals surface area (Å²) in [7, 11) is 1.69. The van der Waals surface area contributed by atoms with E-state index in [-0.39, 0.29) is 24.8 Å². The zero-order valence-corrected chi connectivity index (χ0v) is 16.0. The lowest BCUT2D eigenvalue weighted by Crippen LogP contribution is -2.46. The minimum atomic E-state index is 0. The molecule has 0 radical (unpaired) electrons. The van der Waals surface area contributed by atoms with Gasteiger partial charge in [-0.1, -0.05) is 30.5 Å². The van der Waals surface area contributed by atoms with Crippen LogP contribution in [0.1, 0.15) is 37.3 Å². The van der Waals surface area contributed by atoms with E-state index in [4.69, 9.17) is 16.3 Å².